The molecule has 1 aliphatic carbocycles. The van der Waals surface area contributed by atoms with Crippen molar-refractivity contribution in [3.63, 3.8) is 0 Å². The zero-order valence-electron chi connectivity index (χ0n) is 17.7. The zero-order chi connectivity index (χ0) is 22.5. The van der Waals surface area contributed by atoms with Crippen molar-refractivity contribution in [1.82, 2.24) is 9.97 Å². The van der Waals surface area contributed by atoms with Crippen LogP contribution < -0.4 is 10.9 Å². The Bertz CT molecular complexity index is 1290. The van der Waals surface area contributed by atoms with E-state index in [0.717, 1.165) is 22.6 Å². The molecule has 2 N–H and O–H groups in total. The average molecular weight is 484 g/mol. The Labute approximate surface area is 199 Å². The van der Waals surface area contributed by atoms with Crippen molar-refractivity contribution in [1.29, 1.82) is 0 Å². The zero-order valence-corrected chi connectivity index (χ0v) is 20.1. The summed E-state index contributed by atoms with van der Waals surface area (Å²) in [5.74, 6) is 0.848. The number of fused-ring (bicyclic) bond motifs is 1. The number of thioether (sulfide) groups is 1. The number of thiophene rings is 1. The van der Waals surface area contributed by atoms with Crippen molar-refractivity contribution in [3.05, 3.63) is 84.4 Å². The van der Waals surface area contributed by atoms with Crippen molar-refractivity contribution < 1.29 is 4.79 Å². The summed E-state index contributed by atoms with van der Waals surface area (Å²) in [6.45, 7) is 4.20. The second kappa shape index (κ2) is 8.21. The Balaban J connectivity index is 1.56. The highest BCUT2D eigenvalue weighted by Gasteiger charge is 2.42. The molecule has 0 radical (unpaired) electrons. The first-order valence-corrected chi connectivity index (χ1v) is 12.6. The Kier molecular flexibility index (Phi) is 5.51. The van der Waals surface area contributed by atoms with Gasteiger partial charge in [0.15, 0.2) is 10.9 Å². The Morgan fingerprint density at radius 2 is 2.00 bits per heavy atom. The summed E-state index contributed by atoms with van der Waals surface area (Å²) in [5.41, 5.74) is 2.74. The number of carbonyl (C=O) groups is 1. The van der Waals surface area contributed by atoms with Crippen LogP contribution in [0.5, 0.6) is 0 Å². The lowest BCUT2D eigenvalue weighted by Gasteiger charge is -2.38. The number of halogens is 1. The average Bonchev–Trinajstić information content (AvgIpc) is 3.25. The molecule has 0 fully saturated rings. The number of benzene rings is 1. The van der Waals surface area contributed by atoms with Crippen LogP contribution in [0.25, 0.3) is 0 Å². The van der Waals surface area contributed by atoms with Crippen LogP contribution in [0, 0.1) is 5.41 Å². The first kappa shape index (κ1) is 21.5. The summed E-state index contributed by atoms with van der Waals surface area (Å²) in [5, 5.41) is 6.55. The van der Waals surface area contributed by atoms with E-state index in [1.807, 2.05) is 41.8 Å². The number of aromatic nitrogens is 2. The molecule has 0 spiro atoms. The van der Waals surface area contributed by atoms with E-state index in [4.69, 9.17) is 16.6 Å². The summed E-state index contributed by atoms with van der Waals surface area (Å²) >= 11 is 9.26. The van der Waals surface area contributed by atoms with Crippen molar-refractivity contribution in [3.8, 4) is 0 Å². The fraction of sp³-hybridized carbons (Fsp3) is 0.292. The molecule has 0 saturated heterocycles. The minimum absolute atomic E-state index is 0.101. The molecule has 2 aliphatic rings. The van der Waals surface area contributed by atoms with Crippen LogP contribution in [0.4, 0.5) is 5.82 Å². The van der Waals surface area contributed by atoms with E-state index in [-0.39, 0.29) is 22.7 Å². The van der Waals surface area contributed by atoms with Gasteiger partial charge < -0.3 is 10.3 Å². The molecule has 1 aromatic carbocycles. The Hall–Kier alpha value is -2.35. The number of H-pyrrole nitrogens is 1. The van der Waals surface area contributed by atoms with Gasteiger partial charge in [-0.3, -0.25) is 9.59 Å². The molecule has 0 unspecified atom stereocenters. The molecule has 164 valence electrons. The minimum Gasteiger partial charge on any atom is -0.343 e. The van der Waals surface area contributed by atoms with Crippen LogP contribution in [0.3, 0.4) is 0 Å². The van der Waals surface area contributed by atoms with Crippen LogP contribution >= 0.6 is 34.7 Å². The number of allylic oxidation sites excluding steroid dienone is 2. The molecule has 1 aliphatic heterocycles. The van der Waals surface area contributed by atoms with Crippen LogP contribution in [-0.4, -0.2) is 15.8 Å². The molecule has 0 saturated carbocycles. The predicted octanol–water partition coefficient (Wildman–Crippen LogP) is 5.98. The molecule has 8 heteroatoms. The maximum Gasteiger partial charge on any atom is 0.257 e. The molecule has 2 aromatic heterocycles. The molecule has 5 nitrogen and oxygen atoms in total. The summed E-state index contributed by atoms with van der Waals surface area (Å²) in [7, 11) is 0. The fourth-order valence-electron chi connectivity index (χ4n) is 4.46. The van der Waals surface area contributed by atoms with Gasteiger partial charge in [0.05, 0.1) is 11.5 Å². The molecule has 3 aromatic rings. The van der Waals surface area contributed by atoms with Gasteiger partial charge in [-0.25, -0.2) is 4.98 Å². The van der Waals surface area contributed by atoms with Gasteiger partial charge in [0.1, 0.15) is 5.82 Å². The standard InChI is InChI=1S/C24H22ClN3O2S2/c1-24(2)10-15-18(16(29)11-24)19(17-8-5-9-31-17)20-21(26-15)27-23(28-22(20)30)32-12-13-6-3-4-7-14(13)25/h3-9,19H,10-12H2,1-2H3,(H2,26,27,28,30)/t19-/m1/s1. The van der Waals surface area contributed by atoms with Crippen LogP contribution in [0.2, 0.25) is 5.02 Å². The summed E-state index contributed by atoms with van der Waals surface area (Å²) in [6.07, 6.45) is 1.22. The molecular formula is C24H22ClN3O2S2. The van der Waals surface area contributed by atoms with E-state index in [9.17, 15) is 9.59 Å². The normalized spacial score (nSPS) is 19.3. The van der Waals surface area contributed by atoms with Gasteiger partial charge in [-0.05, 0) is 34.9 Å². The Morgan fingerprint density at radius 3 is 2.75 bits per heavy atom. The maximum absolute atomic E-state index is 13.3. The molecule has 0 amide bonds. The van der Waals surface area contributed by atoms with E-state index in [1.165, 1.54) is 11.8 Å². The third-order valence-electron chi connectivity index (χ3n) is 5.85. The first-order valence-electron chi connectivity index (χ1n) is 10.4. The third-order valence-corrected chi connectivity index (χ3v) is 8.08. The summed E-state index contributed by atoms with van der Waals surface area (Å²) < 4.78 is 0. The van der Waals surface area contributed by atoms with Gasteiger partial charge in [-0.1, -0.05) is 61.5 Å². The number of carbonyl (C=O) groups excluding carboxylic acids is 1. The van der Waals surface area contributed by atoms with Crippen molar-refractivity contribution in [2.24, 2.45) is 5.41 Å². The van der Waals surface area contributed by atoms with Crippen molar-refractivity contribution in [2.45, 2.75) is 43.5 Å². The SMILES string of the molecule is CC1(C)CC(=O)C2=C(C1)Nc1nc(SCc3ccccc3Cl)[nH]c(=O)c1[C@@H]2c1cccs1. The van der Waals surface area contributed by atoms with Gasteiger partial charge in [0.2, 0.25) is 0 Å². The smallest absolute Gasteiger partial charge is 0.257 e. The predicted molar refractivity (Wildman–Crippen MR) is 131 cm³/mol. The highest BCUT2D eigenvalue weighted by Crippen LogP contribution is 2.48. The number of aromatic amines is 1. The lowest BCUT2D eigenvalue weighted by molar-refractivity contribution is -0.118. The molecule has 32 heavy (non-hydrogen) atoms. The maximum atomic E-state index is 13.3. The van der Waals surface area contributed by atoms with E-state index in [1.54, 1.807) is 11.3 Å². The van der Waals surface area contributed by atoms with E-state index < -0.39 is 0 Å². The lowest BCUT2D eigenvalue weighted by Crippen LogP contribution is -2.36. The lowest BCUT2D eigenvalue weighted by atomic mass is 9.70. The highest BCUT2D eigenvalue weighted by molar-refractivity contribution is 7.98. The number of rotatable bonds is 4. The van der Waals surface area contributed by atoms with Crippen LogP contribution in [0.15, 0.2) is 63.0 Å². The van der Waals surface area contributed by atoms with E-state index in [0.29, 0.717) is 39.3 Å². The highest BCUT2D eigenvalue weighted by atomic mass is 35.5. The molecule has 1 atom stereocenters. The number of hydrogen-bond acceptors (Lipinski definition) is 6. The second-order valence-corrected chi connectivity index (χ2v) is 11.3. The monoisotopic (exact) mass is 483 g/mol. The molecule has 3 heterocycles. The van der Waals surface area contributed by atoms with Crippen molar-refractivity contribution in [2.75, 3.05) is 5.32 Å². The van der Waals surface area contributed by atoms with Crippen LogP contribution in [-0.2, 0) is 10.5 Å². The number of hydrogen-bond donors (Lipinski definition) is 2. The quantitative estimate of drug-likeness (QED) is 0.353. The number of nitrogens with zero attached hydrogens (tertiary/aromatic N) is 1. The largest absolute Gasteiger partial charge is 0.343 e. The fourth-order valence-corrected chi connectivity index (χ4v) is 6.45. The van der Waals surface area contributed by atoms with E-state index >= 15 is 0 Å². The summed E-state index contributed by atoms with van der Waals surface area (Å²) in [4.78, 5) is 35.1. The van der Waals surface area contributed by atoms with Gasteiger partial charge in [-0.2, -0.15) is 0 Å². The number of Topliss-reactive ketones (excluding diaryl/α,β-unsaturated/α-hetero) is 1. The van der Waals surface area contributed by atoms with Crippen LogP contribution in [0.1, 0.15) is 48.6 Å². The van der Waals surface area contributed by atoms with Gasteiger partial charge >= 0.3 is 0 Å². The number of ketones is 1. The third kappa shape index (κ3) is 3.93. The second-order valence-electron chi connectivity index (χ2n) is 8.92. The summed E-state index contributed by atoms with van der Waals surface area (Å²) in [6, 6.07) is 11.6. The van der Waals surface area contributed by atoms with E-state index in [2.05, 4.69) is 24.1 Å². The minimum atomic E-state index is -0.385. The topological polar surface area (TPSA) is 74.8 Å². The number of anilines is 1. The molecular weight excluding hydrogens is 462 g/mol. The molecule has 0 bridgehead atoms. The first-order chi connectivity index (χ1) is 15.3. The number of nitrogens with one attached hydrogen (secondary N) is 2. The van der Waals surface area contributed by atoms with Gasteiger partial charge in [0.25, 0.3) is 5.56 Å². The van der Waals surface area contributed by atoms with Crippen molar-refractivity contribution >= 4 is 46.3 Å². The van der Waals surface area contributed by atoms with Gasteiger partial charge in [-0.15, -0.1) is 11.3 Å². The van der Waals surface area contributed by atoms with Gasteiger partial charge in [0, 0.05) is 33.3 Å². The molecule has 5 rings (SSSR count). The Morgan fingerprint density at radius 1 is 1.19 bits per heavy atom.